The molecule has 1 aromatic carbocycles. The molecule has 2 aliphatic heterocycles. The van der Waals surface area contributed by atoms with Crippen molar-refractivity contribution >= 4 is 17.7 Å². The molecule has 0 unspecified atom stereocenters. The molecule has 1 aliphatic carbocycles. The van der Waals surface area contributed by atoms with E-state index < -0.39 is 5.41 Å². The molecule has 1 saturated carbocycles. The van der Waals surface area contributed by atoms with Gasteiger partial charge >= 0.3 is 6.09 Å². The number of methoxy groups -OCH3 is 1. The van der Waals surface area contributed by atoms with Gasteiger partial charge in [-0.15, -0.1) is 0 Å². The van der Waals surface area contributed by atoms with Crippen LogP contribution in [-0.2, 0) is 14.9 Å². The number of anilines is 1. The summed E-state index contributed by atoms with van der Waals surface area (Å²) >= 11 is 0. The molecule has 3 aliphatic rings. The standard InChI is InChI=1S/C21H29N3O4/c1-3-28-20(26)22-14-8-11-24(13-14)15-6-9-21(10-7-15)17-5-4-16(27-2)12-18(17)23-19(21)25/h4-5,12,14-15H,3,6-11,13H2,1-2H3,(H,22,26)(H,23,25)/t14-,15?,21?/m0/s1. The molecule has 0 aromatic heterocycles. The molecule has 1 saturated heterocycles. The van der Waals surface area contributed by atoms with E-state index in [9.17, 15) is 9.59 Å². The summed E-state index contributed by atoms with van der Waals surface area (Å²) in [6.45, 7) is 4.04. The van der Waals surface area contributed by atoms with Gasteiger partial charge in [-0.2, -0.15) is 0 Å². The number of hydrogen-bond acceptors (Lipinski definition) is 5. The average Bonchev–Trinajstić information content (AvgIpc) is 3.25. The van der Waals surface area contributed by atoms with E-state index in [1.165, 1.54) is 0 Å². The minimum atomic E-state index is -0.402. The lowest BCUT2D eigenvalue weighted by Crippen LogP contribution is -2.45. The quantitative estimate of drug-likeness (QED) is 0.830. The van der Waals surface area contributed by atoms with Gasteiger partial charge in [0.25, 0.3) is 0 Å². The van der Waals surface area contributed by atoms with Gasteiger partial charge in [0.2, 0.25) is 5.91 Å². The van der Waals surface area contributed by atoms with Crippen LogP contribution in [0.2, 0.25) is 0 Å². The number of carbonyl (C=O) groups excluding carboxylic acids is 2. The third-order valence-corrected chi connectivity index (χ3v) is 6.57. The van der Waals surface area contributed by atoms with E-state index in [1.807, 2.05) is 25.1 Å². The van der Waals surface area contributed by atoms with Crippen LogP contribution < -0.4 is 15.4 Å². The van der Waals surface area contributed by atoms with Crippen molar-refractivity contribution in [2.75, 3.05) is 32.1 Å². The molecule has 1 spiro atoms. The maximum absolute atomic E-state index is 12.8. The highest BCUT2D eigenvalue weighted by Gasteiger charge is 2.49. The smallest absolute Gasteiger partial charge is 0.407 e. The Kier molecular flexibility index (Phi) is 5.19. The van der Waals surface area contributed by atoms with Crippen LogP contribution in [-0.4, -0.2) is 55.8 Å². The van der Waals surface area contributed by atoms with Crippen molar-refractivity contribution in [1.29, 1.82) is 0 Å². The third kappa shape index (κ3) is 3.32. The molecule has 2 amide bonds. The number of hydrogen-bond donors (Lipinski definition) is 2. The van der Waals surface area contributed by atoms with Crippen LogP contribution in [0, 0.1) is 0 Å². The van der Waals surface area contributed by atoms with E-state index in [2.05, 4.69) is 15.5 Å². The van der Waals surface area contributed by atoms with Crippen LogP contribution in [0.3, 0.4) is 0 Å². The lowest BCUT2D eigenvalue weighted by atomic mass is 9.68. The number of rotatable bonds is 4. The molecule has 1 aromatic rings. The van der Waals surface area contributed by atoms with Gasteiger partial charge in [0.15, 0.2) is 0 Å². The molecule has 28 heavy (non-hydrogen) atoms. The number of fused-ring (bicyclic) bond motifs is 2. The lowest BCUT2D eigenvalue weighted by Gasteiger charge is -2.39. The minimum Gasteiger partial charge on any atom is -0.497 e. The number of benzene rings is 1. The van der Waals surface area contributed by atoms with Gasteiger partial charge < -0.3 is 20.1 Å². The Morgan fingerprint density at radius 2 is 2.11 bits per heavy atom. The highest BCUT2D eigenvalue weighted by molar-refractivity contribution is 6.06. The summed E-state index contributed by atoms with van der Waals surface area (Å²) in [5, 5.41) is 6.01. The monoisotopic (exact) mass is 387 g/mol. The van der Waals surface area contributed by atoms with Crippen molar-refractivity contribution in [3.63, 3.8) is 0 Å². The van der Waals surface area contributed by atoms with E-state index in [0.717, 1.165) is 62.2 Å². The fourth-order valence-electron chi connectivity index (χ4n) is 5.07. The Balaban J connectivity index is 1.38. The van der Waals surface area contributed by atoms with Gasteiger partial charge in [0, 0.05) is 36.9 Å². The van der Waals surface area contributed by atoms with Crippen molar-refractivity contribution in [1.82, 2.24) is 10.2 Å². The first-order valence-electron chi connectivity index (χ1n) is 10.2. The number of nitrogens with one attached hydrogen (secondary N) is 2. The third-order valence-electron chi connectivity index (χ3n) is 6.57. The topological polar surface area (TPSA) is 79.9 Å². The van der Waals surface area contributed by atoms with Crippen LogP contribution >= 0.6 is 0 Å². The average molecular weight is 387 g/mol. The lowest BCUT2D eigenvalue weighted by molar-refractivity contribution is -0.122. The normalized spacial score (nSPS) is 29.4. The number of nitrogens with zero attached hydrogens (tertiary/aromatic N) is 1. The van der Waals surface area contributed by atoms with Crippen molar-refractivity contribution in [3.05, 3.63) is 23.8 Å². The number of carbonyl (C=O) groups is 2. The maximum Gasteiger partial charge on any atom is 0.407 e. The van der Waals surface area contributed by atoms with Gasteiger partial charge in [-0.25, -0.2) is 4.79 Å². The molecular weight excluding hydrogens is 358 g/mol. The van der Waals surface area contributed by atoms with Crippen molar-refractivity contribution in [2.24, 2.45) is 0 Å². The van der Waals surface area contributed by atoms with Crippen molar-refractivity contribution < 1.29 is 19.1 Å². The highest BCUT2D eigenvalue weighted by Crippen LogP contribution is 2.49. The summed E-state index contributed by atoms with van der Waals surface area (Å²) in [7, 11) is 1.64. The zero-order valence-corrected chi connectivity index (χ0v) is 16.6. The number of alkyl carbamates (subject to hydrolysis) is 1. The Morgan fingerprint density at radius 3 is 2.82 bits per heavy atom. The summed E-state index contributed by atoms with van der Waals surface area (Å²) < 4.78 is 10.3. The maximum atomic E-state index is 12.8. The molecule has 4 rings (SSSR count). The number of amides is 2. The van der Waals surface area contributed by atoms with E-state index in [-0.39, 0.29) is 18.0 Å². The molecule has 2 fully saturated rings. The van der Waals surface area contributed by atoms with Crippen LogP contribution in [0.15, 0.2) is 18.2 Å². The van der Waals surface area contributed by atoms with Crippen LogP contribution in [0.4, 0.5) is 10.5 Å². The predicted molar refractivity (Wildman–Crippen MR) is 106 cm³/mol. The molecule has 152 valence electrons. The van der Waals surface area contributed by atoms with Crippen LogP contribution in [0.25, 0.3) is 0 Å². The van der Waals surface area contributed by atoms with Gasteiger partial charge in [0.05, 0.1) is 19.1 Å². The van der Waals surface area contributed by atoms with Gasteiger partial charge in [0.1, 0.15) is 5.75 Å². The Hall–Kier alpha value is -2.28. The summed E-state index contributed by atoms with van der Waals surface area (Å²) in [5.41, 5.74) is 1.60. The largest absolute Gasteiger partial charge is 0.497 e. The first-order valence-corrected chi connectivity index (χ1v) is 10.2. The molecule has 7 heteroatoms. The van der Waals surface area contributed by atoms with Gasteiger partial charge in [-0.05, 0) is 50.7 Å². The van der Waals surface area contributed by atoms with E-state index in [1.54, 1.807) is 7.11 Å². The zero-order valence-electron chi connectivity index (χ0n) is 16.6. The number of likely N-dealkylation sites (tertiary alicyclic amines) is 1. The molecule has 0 radical (unpaired) electrons. The Morgan fingerprint density at radius 1 is 1.32 bits per heavy atom. The van der Waals surface area contributed by atoms with Gasteiger partial charge in [-0.1, -0.05) is 6.07 Å². The second-order valence-electron chi connectivity index (χ2n) is 8.02. The fourth-order valence-corrected chi connectivity index (χ4v) is 5.07. The summed E-state index contributed by atoms with van der Waals surface area (Å²) in [6.07, 6.45) is 4.32. The zero-order chi connectivity index (χ0) is 19.7. The van der Waals surface area contributed by atoms with Crippen LogP contribution in [0.5, 0.6) is 5.75 Å². The SMILES string of the molecule is CCOC(=O)N[C@H]1CCN(C2CCC3(CC2)C(=O)Nc2cc(OC)ccc23)C1. The first-order chi connectivity index (χ1) is 13.6. The molecule has 1 atom stereocenters. The van der Waals surface area contributed by atoms with E-state index >= 15 is 0 Å². The summed E-state index contributed by atoms with van der Waals surface area (Å²) in [6, 6.07) is 6.52. The van der Waals surface area contributed by atoms with Gasteiger partial charge in [-0.3, -0.25) is 9.69 Å². The molecule has 0 bridgehead atoms. The second-order valence-corrected chi connectivity index (χ2v) is 8.02. The van der Waals surface area contributed by atoms with E-state index in [4.69, 9.17) is 9.47 Å². The highest BCUT2D eigenvalue weighted by atomic mass is 16.5. The predicted octanol–water partition coefficient (Wildman–Crippen LogP) is 2.65. The Labute approximate surface area is 165 Å². The minimum absolute atomic E-state index is 0.123. The first kappa shape index (κ1) is 19.1. The molecule has 7 nitrogen and oxygen atoms in total. The Bertz CT molecular complexity index is 758. The van der Waals surface area contributed by atoms with Crippen molar-refractivity contribution in [3.8, 4) is 5.75 Å². The summed E-state index contributed by atoms with van der Waals surface area (Å²) in [4.78, 5) is 27.0. The van der Waals surface area contributed by atoms with E-state index in [0.29, 0.717) is 12.6 Å². The summed E-state index contributed by atoms with van der Waals surface area (Å²) in [5.74, 6) is 0.888. The number of ether oxygens (including phenoxy) is 2. The second kappa shape index (κ2) is 7.62. The van der Waals surface area contributed by atoms with Crippen molar-refractivity contribution in [2.45, 2.75) is 56.5 Å². The fraction of sp³-hybridized carbons (Fsp3) is 0.619. The molecular formula is C21H29N3O4. The molecule has 2 N–H and O–H groups in total. The van der Waals surface area contributed by atoms with Crippen LogP contribution in [0.1, 0.15) is 44.6 Å². The molecule has 2 heterocycles.